The summed E-state index contributed by atoms with van der Waals surface area (Å²) in [5.41, 5.74) is 1.12. The molecule has 3 nitrogen and oxygen atoms in total. The standard InChI is InChI=1S/C9H8F2N2OS/c1-5-3-15-8-7(5)12-4-13(9(8)14)2-6(10)11/h3-4,6H,2H2,1H3. The molecule has 0 saturated carbocycles. The Balaban J connectivity index is 2.61. The molecule has 0 aliphatic carbocycles. The summed E-state index contributed by atoms with van der Waals surface area (Å²) in [4.78, 5) is 15.7. The van der Waals surface area contributed by atoms with Crippen molar-refractivity contribution in [1.29, 1.82) is 0 Å². The third-order valence-corrected chi connectivity index (χ3v) is 3.13. The molecule has 2 aromatic heterocycles. The van der Waals surface area contributed by atoms with Gasteiger partial charge in [-0.05, 0) is 17.9 Å². The van der Waals surface area contributed by atoms with Crippen LogP contribution in [0.2, 0.25) is 0 Å². The van der Waals surface area contributed by atoms with Crippen molar-refractivity contribution in [3.05, 3.63) is 27.6 Å². The summed E-state index contributed by atoms with van der Waals surface area (Å²) >= 11 is 1.24. The summed E-state index contributed by atoms with van der Waals surface area (Å²) < 4.78 is 25.6. The number of rotatable bonds is 2. The number of hydrogen-bond donors (Lipinski definition) is 0. The number of fused-ring (bicyclic) bond motifs is 1. The quantitative estimate of drug-likeness (QED) is 0.791. The number of aryl methyl sites for hydroxylation is 1. The minimum atomic E-state index is -2.54. The van der Waals surface area contributed by atoms with E-state index in [0.29, 0.717) is 10.2 Å². The fraction of sp³-hybridized carbons (Fsp3) is 0.333. The van der Waals surface area contributed by atoms with Crippen molar-refractivity contribution in [2.24, 2.45) is 0 Å². The van der Waals surface area contributed by atoms with E-state index in [1.807, 2.05) is 6.92 Å². The van der Waals surface area contributed by atoms with Gasteiger partial charge in [0.2, 0.25) is 0 Å². The zero-order chi connectivity index (χ0) is 11.0. The van der Waals surface area contributed by atoms with Gasteiger partial charge in [-0.15, -0.1) is 11.3 Å². The molecule has 2 heterocycles. The molecule has 0 radical (unpaired) electrons. The fourth-order valence-electron chi connectivity index (χ4n) is 1.34. The molecule has 2 rings (SSSR count). The third-order valence-electron chi connectivity index (χ3n) is 2.06. The van der Waals surface area contributed by atoms with Crippen molar-refractivity contribution >= 4 is 21.6 Å². The Bertz CT molecular complexity index is 547. The number of hydrogen-bond acceptors (Lipinski definition) is 3. The first kappa shape index (κ1) is 10.2. The second-order valence-corrected chi connectivity index (χ2v) is 4.07. The van der Waals surface area contributed by atoms with Crippen molar-refractivity contribution < 1.29 is 8.78 Å². The van der Waals surface area contributed by atoms with E-state index in [1.165, 1.54) is 17.7 Å². The summed E-state index contributed by atoms with van der Waals surface area (Å²) in [5, 5.41) is 1.80. The van der Waals surface area contributed by atoms with E-state index in [1.54, 1.807) is 5.38 Å². The molecule has 0 saturated heterocycles. The van der Waals surface area contributed by atoms with Crippen LogP contribution in [0.25, 0.3) is 10.2 Å². The third kappa shape index (κ3) is 1.77. The number of nitrogens with zero attached hydrogens (tertiary/aromatic N) is 2. The number of thiophene rings is 1. The largest absolute Gasteiger partial charge is 0.292 e. The minimum absolute atomic E-state index is 0.390. The van der Waals surface area contributed by atoms with Gasteiger partial charge in [0, 0.05) is 0 Å². The van der Waals surface area contributed by atoms with Crippen molar-refractivity contribution in [3.8, 4) is 0 Å². The van der Waals surface area contributed by atoms with Gasteiger partial charge < -0.3 is 0 Å². The Labute approximate surface area is 88.0 Å². The van der Waals surface area contributed by atoms with Gasteiger partial charge in [0.25, 0.3) is 12.0 Å². The smallest absolute Gasteiger partial charge is 0.271 e. The van der Waals surface area contributed by atoms with Crippen molar-refractivity contribution in [3.63, 3.8) is 0 Å². The molecule has 15 heavy (non-hydrogen) atoms. The minimum Gasteiger partial charge on any atom is -0.292 e. The van der Waals surface area contributed by atoms with Gasteiger partial charge in [0.1, 0.15) is 4.70 Å². The fourth-order valence-corrected chi connectivity index (χ4v) is 2.29. The Morgan fingerprint density at radius 3 is 3.00 bits per heavy atom. The second kappa shape index (κ2) is 3.69. The highest BCUT2D eigenvalue weighted by molar-refractivity contribution is 7.17. The Morgan fingerprint density at radius 1 is 1.60 bits per heavy atom. The van der Waals surface area contributed by atoms with Crippen LogP contribution in [0.4, 0.5) is 8.78 Å². The van der Waals surface area contributed by atoms with Gasteiger partial charge in [-0.1, -0.05) is 0 Å². The summed E-state index contributed by atoms with van der Waals surface area (Å²) in [6.07, 6.45) is -1.36. The molecular formula is C9H8F2N2OS. The highest BCUT2D eigenvalue weighted by atomic mass is 32.1. The van der Waals surface area contributed by atoms with Crippen LogP contribution >= 0.6 is 11.3 Å². The zero-order valence-electron chi connectivity index (χ0n) is 7.91. The average molecular weight is 230 g/mol. The summed E-state index contributed by atoms with van der Waals surface area (Å²) in [5.74, 6) is 0. The van der Waals surface area contributed by atoms with Gasteiger partial charge in [-0.2, -0.15) is 0 Å². The average Bonchev–Trinajstić information content (AvgIpc) is 2.53. The predicted molar refractivity (Wildman–Crippen MR) is 54.6 cm³/mol. The molecule has 0 atom stereocenters. The lowest BCUT2D eigenvalue weighted by atomic mass is 10.3. The van der Waals surface area contributed by atoms with Crippen LogP contribution in [0.1, 0.15) is 5.56 Å². The molecule has 0 aliphatic rings. The molecular weight excluding hydrogens is 222 g/mol. The second-order valence-electron chi connectivity index (χ2n) is 3.19. The topological polar surface area (TPSA) is 34.9 Å². The number of halogens is 2. The highest BCUT2D eigenvalue weighted by Crippen LogP contribution is 2.19. The van der Waals surface area contributed by atoms with E-state index in [9.17, 15) is 13.6 Å². The van der Waals surface area contributed by atoms with Crippen molar-refractivity contribution in [1.82, 2.24) is 9.55 Å². The van der Waals surface area contributed by atoms with Crippen LogP contribution in [-0.2, 0) is 6.54 Å². The van der Waals surface area contributed by atoms with Gasteiger partial charge in [-0.25, -0.2) is 13.8 Å². The highest BCUT2D eigenvalue weighted by Gasteiger charge is 2.11. The lowest BCUT2D eigenvalue weighted by molar-refractivity contribution is 0.125. The van der Waals surface area contributed by atoms with E-state index in [4.69, 9.17) is 0 Å². The lowest BCUT2D eigenvalue weighted by Crippen LogP contribution is -2.22. The summed E-state index contributed by atoms with van der Waals surface area (Å²) in [7, 11) is 0. The Kier molecular flexibility index (Phi) is 2.52. The maximum absolute atomic E-state index is 12.1. The first-order valence-electron chi connectivity index (χ1n) is 4.31. The lowest BCUT2D eigenvalue weighted by Gasteiger charge is -2.03. The zero-order valence-corrected chi connectivity index (χ0v) is 8.72. The van der Waals surface area contributed by atoms with Gasteiger partial charge in [0.15, 0.2) is 0 Å². The molecule has 80 valence electrons. The van der Waals surface area contributed by atoms with Crippen LogP contribution in [-0.4, -0.2) is 16.0 Å². The van der Waals surface area contributed by atoms with E-state index < -0.39 is 18.5 Å². The van der Waals surface area contributed by atoms with E-state index in [-0.39, 0.29) is 0 Å². The first-order chi connectivity index (χ1) is 7.09. The molecule has 0 aliphatic heterocycles. The van der Waals surface area contributed by atoms with Crippen LogP contribution in [0.15, 0.2) is 16.5 Å². The SMILES string of the molecule is Cc1csc2c(=O)n(CC(F)F)cnc12. The van der Waals surface area contributed by atoms with Crippen LogP contribution in [0.5, 0.6) is 0 Å². The van der Waals surface area contributed by atoms with Gasteiger partial charge in [0.05, 0.1) is 18.4 Å². The van der Waals surface area contributed by atoms with Gasteiger partial charge in [-0.3, -0.25) is 9.36 Å². The first-order valence-corrected chi connectivity index (χ1v) is 5.19. The Hall–Kier alpha value is -1.30. The number of aromatic nitrogens is 2. The molecule has 6 heteroatoms. The molecule has 0 unspecified atom stereocenters. The van der Waals surface area contributed by atoms with E-state index >= 15 is 0 Å². The Morgan fingerprint density at radius 2 is 2.33 bits per heavy atom. The van der Waals surface area contributed by atoms with Gasteiger partial charge >= 0.3 is 0 Å². The normalized spacial score (nSPS) is 11.5. The summed E-state index contributed by atoms with van der Waals surface area (Å²) in [6, 6.07) is 0. The maximum atomic E-state index is 12.1. The monoisotopic (exact) mass is 230 g/mol. The van der Waals surface area contributed by atoms with E-state index in [0.717, 1.165) is 10.1 Å². The molecule has 0 bridgehead atoms. The summed E-state index contributed by atoms with van der Waals surface area (Å²) in [6.45, 7) is 1.24. The predicted octanol–water partition coefficient (Wildman–Crippen LogP) is 2.03. The molecule has 0 fully saturated rings. The van der Waals surface area contributed by atoms with Crippen LogP contribution in [0.3, 0.4) is 0 Å². The van der Waals surface area contributed by atoms with Crippen molar-refractivity contribution in [2.75, 3.05) is 0 Å². The maximum Gasteiger partial charge on any atom is 0.271 e. The number of alkyl halides is 2. The molecule has 0 amide bonds. The van der Waals surface area contributed by atoms with Crippen LogP contribution in [0, 0.1) is 6.92 Å². The van der Waals surface area contributed by atoms with Crippen molar-refractivity contribution in [2.45, 2.75) is 19.9 Å². The van der Waals surface area contributed by atoms with Crippen LogP contribution < -0.4 is 5.56 Å². The molecule has 0 N–H and O–H groups in total. The molecule has 0 aromatic carbocycles. The molecule has 2 aromatic rings. The van der Waals surface area contributed by atoms with E-state index in [2.05, 4.69) is 4.98 Å². The molecule has 0 spiro atoms.